The van der Waals surface area contributed by atoms with Crippen molar-refractivity contribution in [1.29, 1.82) is 0 Å². The van der Waals surface area contributed by atoms with Gasteiger partial charge in [-0.1, -0.05) is 11.6 Å². The highest BCUT2D eigenvalue weighted by Gasteiger charge is 2.29. The number of halogens is 1. The first-order valence-electron chi connectivity index (χ1n) is 8.16. The molecule has 2 aliphatic rings. The summed E-state index contributed by atoms with van der Waals surface area (Å²) in [4.78, 5) is 18.0. The number of piperidine rings is 1. The second-order valence-corrected chi connectivity index (χ2v) is 6.91. The van der Waals surface area contributed by atoms with Crippen LogP contribution < -0.4 is 4.90 Å². The van der Waals surface area contributed by atoms with Gasteiger partial charge in [0.25, 0.3) is 5.69 Å². The van der Waals surface area contributed by atoms with Crippen molar-refractivity contribution in [1.82, 2.24) is 9.80 Å². The highest BCUT2D eigenvalue weighted by molar-refractivity contribution is 6.30. The predicted molar refractivity (Wildman–Crippen MR) is 92.4 cm³/mol. The number of nitro groups is 1. The van der Waals surface area contributed by atoms with Crippen LogP contribution in [0.15, 0.2) is 18.2 Å². The van der Waals surface area contributed by atoms with Crippen molar-refractivity contribution in [3.63, 3.8) is 0 Å². The Balaban J connectivity index is 1.66. The number of piperazine rings is 1. The number of anilines is 1. The summed E-state index contributed by atoms with van der Waals surface area (Å²) in [5.41, 5.74) is 0.781. The maximum absolute atomic E-state index is 11.3. The summed E-state index contributed by atoms with van der Waals surface area (Å²) in [5.74, 6) is 0. The minimum Gasteiger partial charge on any atom is -0.363 e. The topological polar surface area (TPSA) is 52.9 Å². The number of likely N-dealkylation sites (N-methyl/N-ethyl adjacent to an activating group) is 1. The van der Waals surface area contributed by atoms with Crippen molar-refractivity contribution in [3.05, 3.63) is 33.3 Å². The molecule has 0 amide bonds. The molecule has 3 rings (SSSR count). The normalized spacial score (nSPS) is 23.9. The lowest BCUT2D eigenvalue weighted by Gasteiger charge is -2.43. The number of likely N-dealkylation sites (tertiary alicyclic amines) is 1. The van der Waals surface area contributed by atoms with Crippen LogP contribution in [0.2, 0.25) is 5.02 Å². The van der Waals surface area contributed by atoms with E-state index in [-0.39, 0.29) is 10.6 Å². The third-order valence-corrected chi connectivity index (χ3v) is 5.14. The van der Waals surface area contributed by atoms with Gasteiger partial charge in [-0.05, 0) is 38.6 Å². The van der Waals surface area contributed by atoms with Crippen LogP contribution in [0.3, 0.4) is 0 Å². The Morgan fingerprint density at radius 3 is 2.61 bits per heavy atom. The van der Waals surface area contributed by atoms with Gasteiger partial charge in [0.15, 0.2) is 0 Å². The van der Waals surface area contributed by atoms with Gasteiger partial charge in [-0.3, -0.25) is 15.0 Å². The molecule has 0 aromatic heterocycles. The monoisotopic (exact) mass is 338 g/mol. The second-order valence-electron chi connectivity index (χ2n) is 6.47. The number of hydrogen-bond donors (Lipinski definition) is 0. The summed E-state index contributed by atoms with van der Waals surface area (Å²) < 4.78 is 0. The molecular weight excluding hydrogens is 316 g/mol. The molecule has 0 radical (unpaired) electrons. The molecule has 0 aliphatic carbocycles. The van der Waals surface area contributed by atoms with Gasteiger partial charge in [0.05, 0.1) is 4.92 Å². The van der Waals surface area contributed by atoms with E-state index in [0.29, 0.717) is 16.8 Å². The van der Waals surface area contributed by atoms with Gasteiger partial charge < -0.3 is 9.80 Å². The van der Waals surface area contributed by atoms with Crippen LogP contribution in [0.25, 0.3) is 0 Å². The van der Waals surface area contributed by atoms with Crippen molar-refractivity contribution in [2.24, 2.45) is 0 Å². The lowest BCUT2D eigenvalue weighted by atomic mass is 10.0. The number of hydrogen-bond acceptors (Lipinski definition) is 5. The standard InChI is InChI=1S/C16H23ClN4O2/c1-18-6-2-3-14(12-18)19-7-9-20(10-8-19)15-5-4-13(17)11-16(15)21(22)23/h4-5,11,14H,2-3,6-10,12H2,1H3. The van der Waals surface area contributed by atoms with Crippen LogP contribution in [0.5, 0.6) is 0 Å². The van der Waals surface area contributed by atoms with Crippen molar-refractivity contribution in [2.45, 2.75) is 18.9 Å². The largest absolute Gasteiger partial charge is 0.363 e. The van der Waals surface area contributed by atoms with E-state index in [9.17, 15) is 10.1 Å². The fourth-order valence-electron chi connectivity index (χ4n) is 3.68. The van der Waals surface area contributed by atoms with E-state index >= 15 is 0 Å². The molecule has 0 bridgehead atoms. The Bertz CT molecular complexity index is 575. The Morgan fingerprint density at radius 1 is 1.22 bits per heavy atom. The molecule has 2 heterocycles. The smallest absolute Gasteiger partial charge is 0.294 e. The molecule has 23 heavy (non-hydrogen) atoms. The van der Waals surface area contributed by atoms with Crippen LogP contribution in [0.1, 0.15) is 12.8 Å². The Labute approximate surface area is 141 Å². The third-order valence-electron chi connectivity index (χ3n) is 4.91. The number of nitro benzene ring substituents is 1. The van der Waals surface area contributed by atoms with E-state index in [4.69, 9.17) is 11.6 Å². The van der Waals surface area contributed by atoms with E-state index in [1.165, 1.54) is 25.5 Å². The average Bonchev–Trinajstić information content (AvgIpc) is 2.55. The molecular formula is C16H23ClN4O2. The zero-order valence-electron chi connectivity index (χ0n) is 13.4. The number of nitrogens with zero attached hydrogens (tertiary/aromatic N) is 4. The molecule has 126 valence electrons. The summed E-state index contributed by atoms with van der Waals surface area (Å²) in [6, 6.07) is 5.56. The molecule has 1 unspecified atom stereocenters. The fourth-order valence-corrected chi connectivity index (χ4v) is 3.84. The zero-order chi connectivity index (χ0) is 16.4. The maximum Gasteiger partial charge on any atom is 0.294 e. The van der Waals surface area contributed by atoms with Gasteiger partial charge in [0, 0.05) is 49.9 Å². The molecule has 0 spiro atoms. The molecule has 2 fully saturated rings. The van der Waals surface area contributed by atoms with Crippen molar-refractivity contribution in [3.8, 4) is 0 Å². The molecule has 1 atom stereocenters. The predicted octanol–water partition coefficient (Wildman–Crippen LogP) is 2.46. The van der Waals surface area contributed by atoms with Crippen LogP contribution in [0, 0.1) is 10.1 Å². The number of benzene rings is 1. The van der Waals surface area contributed by atoms with Crippen LogP contribution in [-0.2, 0) is 0 Å². The van der Waals surface area contributed by atoms with Crippen molar-refractivity contribution >= 4 is 23.0 Å². The van der Waals surface area contributed by atoms with Crippen LogP contribution >= 0.6 is 11.6 Å². The molecule has 2 aliphatic heterocycles. The molecule has 1 aromatic carbocycles. The van der Waals surface area contributed by atoms with Gasteiger partial charge in [0.1, 0.15) is 5.69 Å². The lowest BCUT2D eigenvalue weighted by Crippen LogP contribution is -2.54. The second kappa shape index (κ2) is 7.03. The fraction of sp³-hybridized carbons (Fsp3) is 0.625. The zero-order valence-corrected chi connectivity index (χ0v) is 14.2. The van der Waals surface area contributed by atoms with Crippen LogP contribution in [0.4, 0.5) is 11.4 Å². The summed E-state index contributed by atoms with van der Waals surface area (Å²) in [6.07, 6.45) is 2.51. The lowest BCUT2D eigenvalue weighted by molar-refractivity contribution is -0.384. The van der Waals surface area contributed by atoms with Crippen molar-refractivity contribution in [2.75, 3.05) is 51.2 Å². The van der Waals surface area contributed by atoms with E-state index in [0.717, 1.165) is 32.7 Å². The van der Waals surface area contributed by atoms with E-state index in [1.807, 2.05) is 0 Å². The maximum atomic E-state index is 11.3. The molecule has 1 aromatic rings. The third kappa shape index (κ3) is 3.76. The molecule has 7 heteroatoms. The highest BCUT2D eigenvalue weighted by Crippen LogP contribution is 2.32. The Kier molecular flexibility index (Phi) is 5.04. The number of rotatable bonds is 3. The van der Waals surface area contributed by atoms with E-state index < -0.39 is 0 Å². The van der Waals surface area contributed by atoms with Crippen LogP contribution in [-0.4, -0.2) is 67.1 Å². The van der Waals surface area contributed by atoms with Gasteiger partial charge in [-0.2, -0.15) is 0 Å². The van der Waals surface area contributed by atoms with Gasteiger partial charge >= 0.3 is 0 Å². The van der Waals surface area contributed by atoms with Gasteiger partial charge in [-0.15, -0.1) is 0 Å². The molecule has 0 saturated carbocycles. The minimum atomic E-state index is -0.344. The van der Waals surface area contributed by atoms with Crippen molar-refractivity contribution < 1.29 is 4.92 Å². The molecule has 0 N–H and O–H groups in total. The van der Waals surface area contributed by atoms with E-state index in [2.05, 4.69) is 21.7 Å². The summed E-state index contributed by atoms with van der Waals surface area (Å²) >= 11 is 5.90. The first kappa shape index (κ1) is 16.5. The molecule has 6 nitrogen and oxygen atoms in total. The Morgan fingerprint density at radius 2 is 1.96 bits per heavy atom. The van der Waals surface area contributed by atoms with Gasteiger partial charge in [0.2, 0.25) is 0 Å². The summed E-state index contributed by atoms with van der Waals surface area (Å²) in [7, 11) is 2.18. The molecule has 2 saturated heterocycles. The summed E-state index contributed by atoms with van der Waals surface area (Å²) in [5, 5.41) is 11.7. The van der Waals surface area contributed by atoms with Gasteiger partial charge in [-0.25, -0.2) is 0 Å². The van der Waals surface area contributed by atoms with E-state index in [1.54, 1.807) is 12.1 Å². The highest BCUT2D eigenvalue weighted by atomic mass is 35.5. The average molecular weight is 339 g/mol. The first-order chi connectivity index (χ1) is 11.0. The first-order valence-corrected chi connectivity index (χ1v) is 8.54. The quantitative estimate of drug-likeness (QED) is 0.626. The minimum absolute atomic E-state index is 0.100. The summed E-state index contributed by atoms with van der Waals surface area (Å²) in [6.45, 7) is 5.87. The SMILES string of the molecule is CN1CCCC(N2CCN(c3ccc(Cl)cc3[N+](=O)[O-])CC2)C1. The Hall–Kier alpha value is -1.37.